The first-order valence-electron chi connectivity index (χ1n) is 5.09. The lowest BCUT2D eigenvalue weighted by Gasteiger charge is -2.24. The summed E-state index contributed by atoms with van der Waals surface area (Å²) in [7, 11) is 1.79. The van der Waals surface area contributed by atoms with Crippen LogP contribution in [0, 0.1) is 6.92 Å². The number of carbonyl (C=O) groups excluding carboxylic acids is 1. The average molecular weight is 210 g/mol. The summed E-state index contributed by atoms with van der Waals surface area (Å²) in [6.07, 6.45) is 2.34. The molecule has 1 aromatic heterocycles. The van der Waals surface area contributed by atoms with E-state index in [-0.39, 0.29) is 11.9 Å². The Hall–Kier alpha value is -1.29. The van der Waals surface area contributed by atoms with Crippen molar-refractivity contribution in [1.82, 2.24) is 4.90 Å². The standard InChI is InChI=1S/C11H18N2O2/c1-8(4-6-12)13(3)11(14)10-5-7-15-9(10)2/h5,7-8H,4,6,12H2,1-3H3. The molecule has 0 aliphatic rings. The number of aryl methyl sites for hydroxylation is 1. The Morgan fingerprint density at radius 3 is 2.80 bits per heavy atom. The molecule has 84 valence electrons. The molecule has 2 N–H and O–H groups in total. The molecule has 1 atom stereocenters. The van der Waals surface area contributed by atoms with Crippen molar-refractivity contribution in [1.29, 1.82) is 0 Å². The van der Waals surface area contributed by atoms with Gasteiger partial charge in [0.15, 0.2) is 0 Å². The van der Waals surface area contributed by atoms with Gasteiger partial charge in [0, 0.05) is 13.1 Å². The highest BCUT2D eigenvalue weighted by Gasteiger charge is 2.19. The molecule has 1 aromatic rings. The maximum absolute atomic E-state index is 12.0. The molecule has 0 saturated carbocycles. The Morgan fingerprint density at radius 2 is 2.33 bits per heavy atom. The number of rotatable bonds is 4. The summed E-state index contributed by atoms with van der Waals surface area (Å²) in [6.45, 7) is 4.36. The van der Waals surface area contributed by atoms with Gasteiger partial charge in [-0.25, -0.2) is 0 Å². The Labute approximate surface area is 90.0 Å². The lowest BCUT2D eigenvalue weighted by Crippen LogP contribution is -2.36. The summed E-state index contributed by atoms with van der Waals surface area (Å²) >= 11 is 0. The van der Waals surface area contributed by atoms with Gasteiger partial charge in [0.2, 0.25) is 0 Å². The van der Waals surface area contributed by atoms with Crippen LogP contribution in [0.3, 0.4) is 0 Å². The van der Waals surface area contributed by atoms with E-state index in [0.717, 1.165) is 6.42 Å². The minimum atomic E-state index is -0.0119. The van der Waals surface area contributed by atoms with Crippen molar-refractivity contribution in [2.75, 3.05) is 13.6 Å². The maximum Gasteiger partial charge on any atom is 0.257 e. The first-order chi connectivity index (χ1) is 7.07. The monoisotopic (exact) mass is 210 g/mol. The van der Waals surface area contributed by atoms with Crippen LogP contribution < -0.4 is 5.73 Å². The molecule has 0 spiro atoms. The van der Waals surface area contributed by atoms with Gasteiger partial charge in [0.25, 0.3) is 5.91 Å². The molecule has 1 rings (SSSR count). The molecule has 1 unspecified atom stereocenters. The number of amides is 1. The normalized spacial score (nSPS) is 12.5. The number of nitrogens with two attached hydrogens (primary N) is 1. The SMILES string of the molecule is Cc1occc1C(=O)N(C)C(C)CCN. The largest absolute Gasteiger partial charge is 0.469 e. The Balaban J connectivity index is 2.73. The molecule has 15 heavy (non-hydrogen) atoms. The summed E-state index contributed by atoms with van der Waals surface area (Å²) in [6, 6.07) is 1.85. The van der Waals surface area contributed by atoms with E-state index in [1.807, 2.05) is 6.92 Å². The van der Waals surface area contributed by atoms with Gasteiger partial charge in [-0.2, -0.15) is 0 Å². The molecular formula is C11H18N2O2. The number of hydrogen-bond donors (Lipinski definition) is 1. The fourth-order valence-corrected chi connectivity index (χ4v) is 1.43. The van der Waals surface area contributed by atoms with E-state index in [9.17, 15) is 4.79 Å². The van der Waals surface area contributed by atoms with E-state index in [1.165, 1.54) is 6.26 Å². The van der Waals surface area contributed by atoms with Crippen LogP contribution in [0.15, 0.2) is 16.7 Å². The smallest absolute Gasteiger partial charge is 0.257 e. The second-order valence-corrected chi connectivity index (χ2v) is 3.73. The highest BCUT2D eigenvalue weighted by atomic mass is 16.3. The second-order valence-electron chi connectivity index (χ2n) is 3.73. The van der Waals surface area contributed by atoms with Crippen molar-refractivity contribution in [3.63, 3.8) is 0 Å². The van der Waals surface area contributed by atoms with Crippen LogP contribution in [0.2, 0.25) is 0 Å². The van der Waals surface area contributed by atoms with Crippen molar-refractivity contribution in [2.24, 2.45) is 5.73 Å². The Bertz CT molecular complexity index is 333. The van der Waals surface area contributed by atoms with Crippen LogP contribution in [0.5, 0.6) is 0 Å². The van der Waals surface area contributed by atoms with E-state index in [2.05, 4.69) is 0 Å². The van der Waals surface area contributed by atoms with Crippen LogP contribution in [0.1, 0.15) is 29.5 Å². The first kappa shape index (κ1) is 11.8. The Morgan fingerprint density at radius 1 is 1.67 bits per heavy atom. The van der Waals surface area contributed by atoms with Crippen LogP contribution in [0.4, 0.5) is 0 Å². The number of nitrogens with zero attached hydrogens (tertiary/aromatic N) is 1. The van der Waals surface area contributed by atoms with Gasteiger partial charge in [-0.3, -0.25) is 4.79 Å². The van der Waals surface area contributed by atoms with E-state index in [4.69, 9.17) is 10.2 Å². The minimum absolute atomic E-state index is 0.0119. The molecule has 0 radical (unpaired) electrons. The third-order valence-electron chi connectivity index (χ3n) is 2.66. The number of hydrogen-bond acceptors (Lipinski definition) is 3. The van der Waals surface area contributed by atoms with E-state index in [1.54, 1.807) is 24.9 Å². The van der Waals surface area contributed by atoms with Gasteiger partial charge in [-0.15, -0.1) is 0 Å². The molecule has 0 aliphatic carbocycles. The van der Waals surface area contributed by atoms with Crippen LogP contribution in [-0.4, -0.2) is 30.4 Å². The highest BCUT2D eigenvalue weighted by molar-refractivity contribution is 5.95. The summed E-state index contributed by atoms with van der Waals surface area (Å²) < 4.78 is 5.10. The predicted molar refractivity (Wildman–Crippen MR) is 58.7 cm³/mol. The van der Waals surface area contributed by atoms with E-state index < -0.39 is 0 Å². The molecule has 0 aromatic carbocycles. The zero-order valence-electron chi connectivity index (χ0n) is 9.49. The van der Waals surface area contributed by atoms with Crippen molar-refractivity contribution in [3.05, 3.63) is 23.7 Å². The molecule has 1 amide bonds. The second kappa shape index (κ2) is 4.98. The summed E-state index contributed by atoms with van der Waals surface area (Å²) in [5, 5.41) is 0. The molecular weight excluding hydrogens is 192 g/mol. The number of furan rings is 1. The molecule has 1 heterocycles. The third-order valence-corrected chi connectivity index (χ3v) is 2.66. The molecule has 0 aliphatic heterocycles. The van der Waals surface area contributed by atoms with Crippen molar-refractivity contribution < 1.29 is 9.21 Å². The molecule has 0 bridgehead atoms. The average Bonchev–Trinajstić information content (AvgIpc) is 2.62. The predicted octanol–water partition coefficient (Wildman–Crippen LogP) is 1.40. The Kier molecular flexibility index (Phi) is 3.91. The van der Waals surface area contributed by atoms with Gasteiger partial charge in [0.1, 0.15) is 5.76 Å². The van der Waals surface area contributed by atoms with Gasteiger partial charge in [-0.05, 0) is 32.9 Å². The molecule has 0 fully saturated rings. The zero-order chi connectivity index (χ0) is 11.4. The summed E-state index contributed by atoms with van der Waals surface area (Å²) in [5.41, 5.74) is 6.09. The number of carbonyl (C=O) groups is 1. The van der Waals surface area contributed by atoms with Gasteiger partial charge >= 0.3 is 0 Å². The van der Waals surface area contributed by atoms with Crippen LogP contribution in [0.25, 0.3) is 0 Å². The van der Waals surface area contributed by atoms with Gasteiger partial charge in [-0.1, -0.05) is 0 Å². The highest BCUT2D eigenvalue weighted by Crippen LogP contribution is 2.13. The minimum Gasteiger partial charge on any atom is -0.469 e. The fraction of sp³-hybridized carbons (Fsp3) is 0.545. The molecule has 4 nitrogen and oxygen atoms in total. The van der Waals surface area contributed by atoms with Crippen molar-refractivity contribution >= 4 is 5.91 Å². The fourth-order valence-electron chi connectivity index (χ4n) is 1.43. The quantitative estimate of drug-likeness (QED) is 0.817. The maximum atomic E-state index is 12.0. The van der Waals surface area contributed by atoms with Crippen molar-refractivity contribution in [3.8, 4) is 0 Å². The van der Waals surface area contributed by atoms with E-state index >= 15 is 0 Å². The third kappa shape index (κ3) is 2.59. The topological polar surface area (TPSA) is 59.5 Å². The van der Waals surface area contributed by atoms with Crippen molar-refractivity contribution in [2.45, 2.75) is 26.3 Å². The summed E-state index contributed by atoms with van der Waals surface area (Å²) in [4.78, 5) is 13.7. The van der Waals surface area contributed by atoms with Gasteiger partial charge < -0.3 is 15.1 Å². The molecule has 4 heteroatoms. The zero-order valence-corrected chi connectivity index (χ0v) is 9.49. The van der Waals surface area contributed by atoms with Crippen LogP contribution in [-0.2, 0) is 0 Å². The van der Waals surface area contributed by atoms with E-state index in [0.29, 0.717) is 17.9 Å². The molecule has 0 saturated heterocycles. The first-order valence-corrected chi connectivity index (χ1v) is 5.09. The lowest BCUT2D eigenvalue weighted by molar-refractivity contribution is 0.0737. The van der Waals surface area contributed by atoms with Gasteiger partial charge in [0.05, 0.1) is 11.8 Å². The lowest BCUT2D eigenvalue weighted by atomic mass is 10.1. The van der Waals surface area contributed by atoms with Crippen LogP contribution >= 0.6 is 0 Å². The summed E-state index contributed by atoms with van der Waals surface area (Å²) in [5.74, 6) is 0.647.